The molecule has 0 N–H and O–H groups in total. The van der Waals surface area contributed by atoms with Crippen LogP contribution in [0.15, 0.2) is 35.7 Å². The minimum absolute atomic E-state index is 0.230. The van der Waals surface area contributed by atoms with Crippen molar-refractivity contribution in [2.45, 2.75) is 18.4 Å². The Morgan fingerprint density at radius 2 is 2.14 bits per heavy atom. The minimum Gasteiger partial charge on any atom is -0.493 e. The first-order valence-electron chi connectivity index (χ1n) is 7.41. The molecule has 0 bridgehead atoms. The SMILES string of the molecule is O=C1C[C@H]2COc3ccccc3[C@]23c2ccsc2CCN13. The average molecular weight is 297 g/mol. The zero-order valence-corrected chi connectivity index (χ0v) is 12.4. The molecule has 0 saturated carbocycles. The number of carbonyl (C=O) groups is 1. The van der Waals surface area contributed by atoms with E-state index in [0.29, 0.717) is 13.0 Å². The highest BCUT2D eigenvalue weighted by molar-refractivity contribution is 7.10. The second-order valence-corrected chi connectivity index (χ2v) is 7.03. The molecule has 1 spiro atoms. The Kier molecular flexibility index (Phi) is 2.19. The molecule has 4 heteroatoms. The highest BCUT2D eigenvalue weighted by Gasteiger charge is 2.60. The molecule has 106 valence electrons. The number of ether oxygens (including phenoxy) is 1. The molecule has 2 aromatic rings. The van der Waals surface area contributed by atoms with Gasteiger partial charge in [-0.15, -0.1) is 11.3 Å². The van der Waals surface area contributed by atoms with E-state index in [1.165, 1.54) is 16.0 Å². The maximum Gasteiger partial charge on any atom is 0.224 e. The van der Waals surface area contributed by atoms with Crippen molar-refractivity contribution in [1.82, 2.24) is 4.90 Å². The molecule has 0 radical (unpaired) electrons. The maximum absolute atomic E-state index is 12.6. The molecular weight excluding hydrogens is 282 g/mol. The fraction of sp³-hybridized carbons (Fsp3) is 0.353. The predicted octanol–water partition coefficient (Wildman–Crippen LogP) is 2.79. The molecule has 0 unspecified atom stereocenters. The van der Waals surface area contributed by atoms with Gasteiger partial charge < -0.3 is 9.64 Å². The van der Waals surface area contributed by atoms with Crippen LogP contribution in [0.3, 0.4) is 0 Å². The Morgan fingerprint density at radius 3 is 3.10 bits per heavy atom. The summed E-state index contributed by atoms with van der Waals surface area (Å²) in [4.78, 5) is 16.1. The first kappa shape index (κ1) is 11.8. The lowest BCUT2D eigenvalue weighted by Crippen LogP contribution is -2.53. The van der Waals surface area contributed by atoms with Gasteiger partial charge in [-0.05, 0) is 29.5 Å². The maximum atomic E-state index is 12.6. The van der Waals surface area contributed by atoms with Crippen molar-refractivity contribution in [1.29, 1.82) is 0 Å². The molecule has 1 aromatic heterocycles. The van der Waals surface area contributed by atoms with Crippen LogP contribution in [0.25, 0.3) is 0 Å². The van der Waals surface area contributed by atoms with Crippen molar-refractivity contribution in [2.75, 3.05) is 13.2 Å². The van der Waals surface area contributed by atoms with E-state index in [1.807, 2.05) is 23.5 Å². The molecule has 3 nitrogen and oxygen atoms in total. The normalized spacial score (nSPS) is 29.2. The van der Waals surface area contributed by atoms with Crippen LogP contribution in [0, 0.1) is 5.92 Å². The highest BCUT2D eigenvalue weighted by Crippen LogP contribution is 2.57. The lowest BCUT2D eigenvalue weighted by atomic mass is 9.70. The number of benzene rings is 1. The molecule has 3 aliphatic rings. The summed E-state index contributed by atoms with van der Waals surface area (Å²) in [5, 5.41) is 2.17. The number of fused-ring (bicyclic) bond motifs is 2. The number of rotatable bonds is 0. The standard InChI is InChI=1S/C17H15NO2S/c19-16-9-11-10-20-14-4-2-1-3-12(14)17(11)13-6-8-21-15(13)5-7-18(16)17/h1-4,6,8,11H,5,7,9-10H2/t11-,17-/m0/s1. The number of thiophene rings is 1. The van der Waals surface area contributed by atoms with Gasteiger partial charge in [0.1, 0.15) is 11.3 Å². The number of carbonyl (C=O) groups excluding carboxylic acids is 1. The van der Waals surface area contributed by atoms with E-state index in [-0.39, 0.29) is 17.4 Å². The van der Waals surface area contributed by atoms with Crippen LogP contribution in [0.2, 0.25) is 0 Å². The third-order valence-corrected chi connectivity index (χ3v) is 6.18. The third-order valence-electron chi connectivity index (χ3n) is 5.19. The summed E-state index contributed by atoms with van der Waals surface area (Å²) in [6.07, 6.45) is 1.58. The molecule has 1 aromatic carbocycles. The molecule has 1 saturated heterocycles. The van der Waals surface area contributed by atoms with Crippen molar-refractivity contribution in [3.05, 3.63) is 51.7 Å². The summed E-state index contributed by atoms with van der Waals surface area (Å²) in [6, 6.07) is 10.5. The van der Waals surface area contributed by atoms with Crippen LogP contribution in [0.4, 0.5) is 0 Å². The molecule has 2 atom stereocenters. The number of para-hydroxylation sites is 1. The van der Waals surface area contributed by atoms with Gasteiger partial charge in [0.25, 0.3) is 0 Å². The van der Waals surface area contributed by atoms with Crippen LogP contribution in [0.5, 0.6) is 5.75 Å². The Morgan fingerprint density at radius 1 is 1.24 bits per heavy atom. The Balaban J connectivity index is 1.88. The summed E-state index contributed by atoms with van der Waals surface area (Å²) in [5.74, 6) is 1.44. The Hall–Kier alpha value is -1.81. The van der Waals surface area contributed by atoms with E-state index < -0.39 is 0 Å². The van der Waals surface area contributed by atoms with E-state index in [0.717, 1.165) is 18.7 Å². The summed E-state index contributed by atoms with van der Waals surface area (Å²) in [6.45, 7) is 1.46. The molecule has 1 fully saturated rings. The van der Waals surface area contributed by atoms with Gasteiger partial charge in [0.2, 0.25) is 5.91 Å². The molecule has 0 aliphatic carbocycles. The topological polar surface area (TPSA) is 29.5 Å². The number of hydrogen-bond donors (Lipinski definition) is 0. The van der Waals surface area contributed by atoms with E-state index in [2.05, 4.69) is 28.5 Å². The van der Waals surface area contributed by atoms with Gasteiger partial charge in [0.15, 0.2) is 0 Å². The van der Waals surface area contributed by atoms with Crippen molar-refractivity contribution in [3.8, 4) is 5.75 Å². The van der Waals surface area contributed by atoms with Crippen LogP contribution in [-0.4, -0.2) is 24.0 Å². The van der Waals surface area contributed by atoms with Gasteiger partial charge in [0, 0.05) is 29.3 Å². The highest BCUT2D eigenvalue weighted by atomic mass is 32.1. The van der Waals surface area contributed by atoms with Crippen LogP contribution < -0.4 is 4.74 Å². The lowest BCUT2D eigenvalue weighted by Gasteiger charge is -2.48. The number of hydrogen-bond acceptors (Lipinski definition) is 3. The van der Waals surface area contributed by atoms with E-state index in [9.17, 15) is 4.79 Å². The quantitative estimate of drug-likeness (QED) is 0.748. The summed E-state index contributed by atoms with van der Waals surface area (Å²) in [7, 11) is 0. The minimum atomic E-state index is -0.278. The molecular formula is C17H15NO2S. The molecule has 5 rings (SSSR count). The lowest BCUT2D eigenvalue weighted by molar-refractivity contribution is -0.131. The van der Waals surface area contributed by atoms with Gasteiger partial charge in [-0.1, -0.05) is 18.2 Å². The molecule has 21 heavy (non-hydrogen) atoms. The van der Waals surface area contributed by atoms with Gasteiger partial charge in [-0.2, -0.15) is 0 Å². The summed E-state index contributed by atoms with van der Waals surface area (Å²) in [5.41, 5.74) is 2.23. The fourth-order valence-corrected chi connectivity index (χ4v) is 5.36. The second kappa shape index (κ2) is 3.89. The van der Waals surface area contributed by atoms with Gasteiger partial charge in [-0.3, -0.25) is 4.79 Å². The molecule has 3 aliphatic heterocycles. The predicted molar refractivity (Wildman–Crippen MR) is 80.6 cm³/mol. The van der Waals surface area contributed by atoms with E-state index in [4.69, 9.17) is 4.74 Å². The monoisotopic (exact) mass is 297 g/mol. The zero-order chi connectivity index (χ0) is 14.0. The van der Waals surface area contributed by atoms with Crippen molar-refractivity contribution < 1.29 is 9.53 Å². The first-order valence-corrected chi connectivity index (χ1v) is 8.29. The average Bonchev–Trinajstić information content (AvgIpc) is 3.09. The second-order valence-electron chi connectivity index (χ2n) is 6.03. The van der Waals surface area contributed by atoms with Gasteiger partial charge in [0.05, 0.1) is 6.61 Å². The Labute approximate surface area is 127 Å². The number of nitrogens with zero attached hydrogens (tertiary/aromatic N) is 1. The van der Waals surface area contributed by atoms with Crippen molar-refractivity contribution >= 4 is 17.2 Å². The smallest absolute Gasteiger partial charge is 0.224 e. The molecule has 1 amide bonds. The van der Waals surface area contributed by atoms with Crippen LogP contribution in [0.1, 0.15) is 22.4 Å². The van der Waals surface area contributed by atoms with E-state index in [1.54, 1.807) is 0 Å². The number of amides is 1. The molecule has 4 heterocycles. The Bertz CT molecular complexity index is 753. The van der Waals surface area contributed by atoms with Crippen molar-refractivity contribution in [3.63, 3.8) is 0 Å². The van der Waals surface area contributed by atoms with Crippen LogP contribution in [-0.2, 0) is 16.8 Å². The largest absolute Gasteiger partial charge is 0.493 e. The van der Waals surface area contributed by atoms with Gasteiger partial charge in [-0.25, -0.2) is 0 Å². The fourth-order valence-electron chi connectivity index (χ4n) is 4.43. The summed E-state index contributed by atoms with van der Waals surface area (Å²) >= 11 is 1.82. The zero-order valence-electron chi connectivity index (χ0n) is 11.5. The van der Waals surface area contributed by atoms with Crippen molar-refractivity contribution in [2.24, 2.45) is 5.92 Å². The first-order chi connectivity index (χ1) is 10.3. The van der Waals surface area contributed by atoms with Gasteiger partial charge >= 0.3 is 0 Å². The van der Waals surface area contributed by atoms with E-state index >= 15 is 0 Å². The summed E-state index contributed by atoms with van der Waals surface area (Å²) < 4.78 is 5.95. The van der Waals surface area contributed by atoms with Crippen LogP contribution >= 0.6 is 11.3 Å². The third kappa shape index (κ3) is 1.27.